The van der Waals surface area contributed by atoms with Crippen LogP contribution in [0.1, 0.15) is 24.3 Å². The zero-order chi connectivity index (χ0) is 15.1. The van der Waals surface area contributed by atoms with Crippen LogP contribution in [0.15, 0.2) is 16.9 Å². The Kier molecular flexibility index (Phi) is 6.33. The van der Waals surface area contributed by atoms with E-state index in [0.717, 1.165) is 0 Å². The molecule has 0 aliphatic carbocycles. The summed E-state index contributed by atoms with van der Waals surface area (Å²) < 4.78 is 11.2. The number of carbonyl (C=O) groups is 1. The molecule has 0 atom stereocenters. The normalized spacial score (nSPS) is 11.1. The largest absolute Gasteiger partial charge is 0.354 e. The molecule has 1 rings (SSSR count). The molecule has 0 saturated heterocycles. The van der Waals surface area contributed by atoms with Gasteiger partial charge in [-0.05, 0) is 12.0 Å². The third kappa shape index (κ3) is 4.75. The van der Waals surface area contributed by atoms with E-state index in [1.54, 1.807) is 0 Å². The molecule has 0 spiro atoms. The molecule has 0 aromatic carbocycles. The van der Waals surface area contributed by atoms with Crippen molar-refractivity contribution < 1.29 is 14.3 Å². The second-order valence-electron chi connectivity index (χ2n) is 4.74. The van der Waals surface area contributed by atoms with Crippen molar-refractivity contribution in [3.63, 3.8) is 0 Å². The van der Waals surface area contributed by atoms with Gasteiger partial charge in [0.1, 0.15) is 5.69 Å². The van der Waals surface area contributed by atoms with Gasteiger partial charge in [-0.1, -0.05) is 13.8 Å². The highest BCUT2D eigenvalue weighted by molar-refractivity contribution is 5.91. The molecule has 1 N–H and O–H groups in total. The van der Waals surface area contributed by atoms with E-state index >= 15 is 0 Å². The van der Waals surface area contributed by atoms with Gasteiger partial charge in [0.25, 0.3) is 11.5 Å². The predicted molar refractivity (Wildman–Crippen MR) is 73.5 cm³/mol. The minimum atomic E-state index is -0.513. The number of nitrogens with one attached hydrogen (secondary N) is 1. The first kappa shape index (κ1) is 16.3. The van der Waals surface area contributed by atoms with Crippen LogP contribution in [0.3, 0.4) is 0 Å². The number of carbonyl (C=O) groups excluding carboxylic acids is 1. The lowest BCUT2D eigenvalue weighted by Crippen LogP contribution is -2.36. The third-order valence-electron chi connectivity index (χ3n) is 2.59. The van der Waals surface area contributed by atoms with Gasteiger partial charge in [-0.2, -0.15) is 5.10 Å². The Morgan fingerprint density at radius 2 is 2.00 bits per heavy atom. The van der Waals surface area contributed by atoms with Crippen molar-refractivity contribution in [2.45, 2.75) is 26.7 Å². The van der Waals surface area contributed by atoms with Crippen molar-refractivity contribution in [2.24, 2.45) is 5.92 Å². The SMILES string of the molecule is COC(CNC(=O)c1ccc(=O)n(CC(C)C)n1)OC. The maximum atomic E-state index is 11.9. The highest BCUT2D eigenvalue weighted by Crippen LogP contribution is 1.97. The highest BCUT2D eigenvalue weighted by atomic mass is 16.7. The summed E-state index contributed by atoms with van der Waals surface area (Å²) >= 11 is 0. The summed E-state index contributed by atoms with van der Waals surface area (Å²) in [6, 6.07) is 2.75. The fraction of sp³-hybridized carbons (Fsp3) is 0.615. The quantitative estimate of drug-likeness (QED) is 0.725. The van der Waals surface area contributed by atoms with Crippen LogP contribution in [-0.4, -0.2) is 42.7 Å². The standard InChI is InChI=1S/C13H21N3O4/c1-9(2)8-16-11(17)6-5-10(15-16)13(18)14-7-12(19-3)20-4/h5-6,9,12H,7-8H2,1-4H3,(H,14,18). The van der Waals surface area contributed by atoms with E-state index in [1.165, 1.54) is 31.0 Å². The van der Waals surface area contributed by atoms with Gasteiger partial charge in [-0.25, -0.2) is 4.68 Å². The fourth-order valence-corrected chi connectivity index (χ4v) is 1.58. The lowest BCUT2D eigenvalue weighted by atomic mass is 10.2. The molecule has 7 heteroatoms. The van der Waals surface area contributed by atoms with Crippen molar-refractivity contribution in [2.75, 3.05) is 20.8 Å². The van der Waals surface area contributed by atoms with E-state index in [-0.39, 0.29) is 29.6 Å². The van der Waals surface area contributed by atoms with Crippen LogP contribution in [0.2, 0.25) is 0 Å². The van der Waals surface area contributed by atoms with Crippen molar-refractivity contribution in [3.05, 3.63) is 28.2 Å². The maximum Gasteiger partial charge on any atom is 0.271 e. The first-order chi connectivity index (χ1) is 9.47. The molecule has 7 nitrogen and oxygen atoms in total. The third-order valence-corrected chi connectivity index (χ3v) is 2.59. The molecule has 1 aromatic heterocycles. The highest BCUT2D eigenvalue weighted by Gasteiger charge is 2.12. The topological polar surface area (TPSA) is 82.5 Å². The summed E-state index contributed by atoms with van der Waals surface area (Å²) in [5.41, 5.74) is -0.0295. The predicted octanol–water partition coefficient (Wildman–Crippen LogP) is 0.248. The smallest absolute Gasteiger partial charge is 0.271 e. The van der Waals surface area contributed by atoms with E-state index < -0.39 is 6.29 Å². The maximum absolute atomic E-state index is 11.9. The first-order valence-corrected chi connectivity index (χ1v) is 6.40. The monoisotopic (exact) mass is 283 g/mol. The van der Waals surface area contributed by atoms with Gasteiger partial charge < -0.3 is 14.8 Å². The van der Waals surface area contributed by atoms with Gasteiger partial charge in [-0.3, -0.25) is 9.59 Å². The number of amides is 1. The molecule has 20 heavy (non-hydrogen) atoms. The molecule has 112 valence electrons. The van der Waals surface area contributed by atoms with Crippen molar-refractivity contribution in [3.8, 4) is 0 Å². The summed E-state index contributed by atoms with van der Waals surface area (Å²) in [5.74, 6) is -0.105. The average molecular weight is 283 g/mol. The zero-order valence-electron chi connectivity index (χ0n) is 12.3. The average Bonchev–Trinajstić information content (AvgIpc) is 2.41. The van der Waals surface area contributed by atoms with Gasteiger partial charge in [0, 0.05) is 26.8 Å². The van der Waals surface area contributed by atoms with Gasteiger partial charge in [0.05, 0.1) is 6.54 Å². The van der Waals surface area contributed by atoms with Crippen LogP contribution >= 0.6 is 0 Å². The molecule has 0 saturated carbocycles. The number of rotatable bonds is 7. The Morgan fingerprint density at radius 1 is 1.35 bits per heavy atom. The molecule has 0 aliphatic rings. The fourth-order valence-electron chi connectivity index (χ4n) is 1.58. The number of hydrogen-bond donors (Lipinski definition) is 1. The summed E-state index contributed by atoms with van der Waals surface area (Å²) in [4.78, 5) is 23.5. The van der Waals surface area contributed by atoms with Crippen molar-refractivity contribution in [1.82, 2.24) is 15.1 Å². The van der Waals surface area contributed by atoms with E-state index in [1.807, 2.05) is 13.8 Å². The van der Waals surface area contributed by atoms with E-state index in [0.29, 0.717) is 6.54 Å². The van der Waals surface area contributed by atoms with Gasteiger partial charge >= 0.3 is 0 Å². The van der Waals surface area contributed by atoms with Crippen LogP contribution in [0.4, 0.5) is 0 Å². The van der Waals surface area contributed by atoms with E-state index in [2.05, 4.69) is 10.4 Å². The molecular weight excluding hydrogens is 262 g/mol. The van der Waals surface area contributed by atoms with Crippen LogP contribution in [-0.2, 0) is 16.0 Å². The molecule has 1 heterocycles. The van der Waals surface area contributed by atoms with Crippen LogP contribution in [0.25, 0.3) is 0 Å². The van der Waals surface area contributed by atoms with Crippen LogP contribution < -0.4 is 10.9 Å². The Labute approximate surface area is 117 Å². The number of nitrogens with zero attached hydrogens (tertiary/aromatic N) is 2. The number of methoxy groups -OCH3 is 2. The van der Waals surface area contributed by atoms with E-state index in [4.69, 9.17) is 9.47 Å². The number of ether oxygens (including phenoxy) is 2. The molecular formula is C13H21N3O4. The molecule has 1 aromatic rings. The summed E-state index contributed by atoms with van der Waals surface area (Å²) in [7, 11) is 2.97. The van der Waals surface area contributed by atoms with Crippen molar-refractivity contribution >= 4 is 5.91 Å². The zero-order valence-corrected chi connectivity index (χ0v) is 12.3. The van der Waals surface area contributed by atoms with E-state index in [9.17, 15) is 9.59 Å². The molecule has 0 fully saturated rings. The summed E-state index contributed by atoms with van der Waals surface area (Å²) in [5, 5.41) is 6.69. The molecule has 0 unspecified atom stereocenters. The van der Waals surface area contributed by atoms with Crippen LogP contribution in [0, 0.1) is 5.92 Å². The van der Waals surface area contributed by atoms with Crippen molar-refractivity contribution in [1.29, 1.82) is 0 Å². The Morgan fingerprint density at radius 3 is 2.55 bits per heavy atom. The van der Waals surface area contributed by atoms with Crippen LogP contribution in [0.5, 0.6) is 0 Å². The van der Waals surface area contributed by atoms with Gasteiger partial charge in [0.15, 0.2) is 6.29 Å². The Balaban J connectivity index is 2.75. The second kappa shape index (κ2) is 7.76. The second-order valence-corrected chi connectivity index (χ2v) is 4.74. The minimum Gasteiger partial charge on any atom is -0.354 e. The molecule has 1 amide bonds. The molecule has 0 aliphatic heterocycles. The lowest BCUT2D eigenvalue weighted by Gasteiger charge is -2.14. The van der Waals surface area contributed by atoms with Gasteiger partial charge in [0.2, 0.25) is 0 Å². The lowest BCUT2D eigenvalue weighted by molar-refractivity contribution is -0.0974. The summed E-state index contributed by atoms with van der Waals surface area (Å²) in [6.45, 7) is 4.63. The molecule has 0 bridgehead atoms. The number of aromatic nitrogens is 2. The summed E-state index contributed by atoms with van der Waals surface area (Å²) in [6.07, 6.45) is -0.513. The Hall–Kier alpha value is -1.73. The molecule has 0 radical (unpaired) electrons. The minimum absolute atomic E-state index is 0.191. The first-order valence-electron chi connectivity index (χ1n) is 6.40. The number of hydrogen-bond acceptors (Lipinski definition) is 5. The Bertz CT molecular complexity index is 495. The van der Waals surface area contributed by atoms with Gasteiger partial charge in [-0.15, -0.1) is 0 Å².